The third kappa shape index (κ3) is 7.74. The van der Waals surface area contributed by atoms with Gasteiger partial charge in [0.2, 0.25) is 0 Å². The Balaban J connectivity index is 1.66. The first-order valence-corrected chi connectivity index (χ1v) is 13.1. The maximum atomic E-state index is 5.09. The lowest BCUT2D eigenvalue weighted by atomic mass is 9.92. The Kier molecular flexibility index (Phi) is 10.5. The fourth-order valence-corrected chi connectivity index (χ4v) is 4.77. The molecule has 0 bridgehead atoms. The van der Waals surface area contributed by atoms with Crippen LogP contribution in [0.4, 0.5) is 0 Å². The fraction of sp³-hybridized carbons (Fsp3) is 0.400. The van der Waals surface area contributed by atoms with Crippen LogP contribution in [-0.2, 0) is 23.4 Å². The minimum Gasteiger partial charge on any atom is -0.304 e. The van der Waals surface area contributed by atoms with Crippen molar-refractivity contribution < 1.29 is 4.18 Å². The van der Waals surface area contributed by atoms with Crippen molar-refractivity contribution in [1.29, 1.82) is 0 Å². The van der Waals surface area contributed by atoms with E-state index in [0.717, 1.165) is 25.8 Å². The van der Waals surface area contributed by atoms with Gasteiger partial charge in [-0.1, -0.05) is 93.4 Å². The predicted molar refractivity (Wildman–Crippen MR) is 145 cm³/mol. The van der Waals surface area contributed by atoms with Gasteiger partial charge in [-0.25, -0.2) is 4.31 Å². The lowest BCUT2D eigenvalue weighted by Gasteiger charge is -2.13. The average Bonchev–Trinajstić information content (AvgIpc) is 2.85. The number of aryl methyl sites for hydroxylation is 3. The third-order valence-corrected chi connectivity index (χ3v) is 6.83. The van der Waals surface area contributed by atoms with E-state index in [1.165, 1.54) is 76.9 Å². The topological polar surface area (TPSA) is 12.5 Å². The quantitative estimate of drug-likeness (QED) is 0.144. The van der Waals surface area contributed by atoms with Crippen LogP contribution >= 0.6 is 12.2 Å². The number of unbranched alkanes of at least 4 members (excludes halogenated alkanes) is 2. The van der Waals surface area contributed by atoms with Gasteiger partial charge in [0.1, 0.15) is 0 Å². The summed E-state index contributed by atoms with van der Waals surface area (Å²) in [6.07, 6.45) is 8.31. The van der Waals surface area contributed by atoms with Crippen LogP contribution in [0.15, 0.2) is 66.7 Å². The van der Waals surface area contributed by atoms with Crippen molar-refractivity contribution in [3.63, 3.8) is 0 Å². The monoisotopic (exact) mass is 461 g/mol. The molecule has 0 atom stereocenters. The third-order valence-electron chi connectivity index (χ3n) is 6.25. The van der Waals surface area contributed by atoms with E-state index in [4.69, 9.17) is 4.18 Å². The second-order valence-corrected chi connectivity index (χ2v) is 9.88. The highest BCUT2D eigenvalue weighted by Gasteiger charge is 2.08. The molecular weight excluding hydrogens is 422 g/mol. The standard InChI is InChI=1S/C30H39NOS/c1-5-7-8-10-24-14-18-28(19-15-24)30-21-20-29(23-26(30)6-2)27-16-12-25(13-17-27)11-9-22-31(3)33-32-4/h12-21,23H,5-11,22H2,1-4H3. The molecule has 3 aromatic carbocycles. The molecule has 33 heavy (non-hydrogen) atoms. The van der Waals surface area contributed by atoms with Gasteiger partial charge in [0.05, 0.1) is 19.3 Å². The van der Waals surface area contributed by atoms with E-state index >= 15 is 0 Å². The van der Waals surface area contributed by atoms with E-state index in [1.54, 1.807) is 7.11 Å². The van der Waals surface area contributed by atoms with E-state index in [9.17, 15) is 0 Å². The molecule has 0 aromatic heterocycles. The molecule has 0 radical (unpaired) electrons. The van der Waals surface area contributed by atoms with Gasteiger partial charge in [-0.05, 0) is 78.1 Å². The molecule has 2 nitrogen and oxygen atoms in total. The van der Waals surface area contributed by atoms with Crippen molar-refractivity contribution >= 4 is 12.2 Å². The van der Waals surface area contributed by atoms with Gasteiger partial charge in [0, 0.05) is 6.54 Å². The Bertz CT molecular complexity index is 966. The molecule has 3 aromatic rings. The maximum absolute atomic E-state index is 5.09. The van der Waals surface area contributed by atoms with Crippen LogP contribution in [0.5, 0.6) is 0 Å². The molecule has 0 unspecified atom stereocenters. The molecular formula is C30H39NOS. The van der Waals surface area contributed by atoms with Crippen molar-refractivity contribution in [3.05, 3.63) is 83.4 Å². The molecule has 3 rings (SSSR count). The molecule has 0 heterocycles. The summed E-state index contributed by atoms with van der Waals surface area (Å²) >= 11 is 1.41. The summed E-state index contributed by atoms with van der Waals surface area (Å²) in [7, 11) is 3.77. The normalized spacial score (nSPS) is 11.3. The molecule has 0 saturated carbocycles. The summed E-state index contributed by atoms with van der Waals surface area (Å²) in [5.41, 5.74) is 9.52. The van der Waals surface area contributed by atoms with Crippen molar-refractivity contribution in [1.82, 2.24) is 4.31 Å². The second-order valence-electron chi connectivity index (χ2n) is 8.77. The largest absolute Gasteiger partial charge is 0.304 e. The summed E-state index contributed by atoms with van der Waals surface area (Å²) in [5.74, 6) is 0. The predicted octanol–water partition coefficient (Wildman–Crippen LogP) is 8.39. The number of nitrogens with zero attached hydrogens (tertiary/aromatic N) is 1. The molecule has 0 spiro atoms. The lowest BCUT2D eigenvalue weighted by Crippen LogP contribution is -2.11. The van der Waals surface area contributed by atoms with Crippen molar-refractivity contribution in [2.75, 3.05) is 20.7 Å². The number of benzene rings is 3. The van der Waals surface area contributed by atoms with E-state index < -0.39 is 0 Å². The first-order valence-electron chi connectivity index (χ1n) is 12.4. The Morgan fingerprint density at radius 1 is 0.727 bits per heavy atom. The number of hydrogen-bond acceptors (Lipinski definition) is 3. The lowest BCUT2D eigenvalue weighted by molar-refractivity contribution is 0.431. The summed E-state index contributed by atoms with van der Waals surface area (Å²) in [6.45, 7) is 5.53. The second kappa shape index (κ2) is 13.6. The van der Waals surface area contributed by atoms with Gasteiger partial charge in [0.25, 0.3) is 0 Å². The smallest absolute Gasteiger partial charge is 0.0813 e. The van der Waals surface area contributed by atoms with Crippen LogP contribution in [0.1, 0.15) is 56.2 Å². The number of rotatable bonds is 13. The van der Waals surface area contributed by atoms with Gasteiger partial charge in [-0.15, -0.1) is 0 Å². The molecule has 0 aliphatic rings. The van der Waals surface area contributed by atoms with Gasteiger partial charge in [0.15, 0.2) is 0 Å². The van der Waals surface area contributed by atoms with Gasteiger partial charge < -0.3 is 4.18 Å². The van der Waals surface area contributed by atoms with Gasteiger partial charge in [-0.2, -0.15) is 0 Å². The first kappa shape index (κ1) is 25.6. The molecule has 0 saturated heterocycles. The summed E-state index contributed by atoms with van der Waals surface area (Å²) in [4.78, 5) is 0. The van der Waals surface area contributed by atoms with Crippen molar-refractivity contribution in [2.24, 2.45) is 0 Å². The Morgan fingerprint density at radius 2 is 1.33 bits per heavy atom. The minimum absolute atomic E-state index is 1.02. The first-order chi connectivity index (χ1) is 16.1. The molecule has 0 aliphatic heterocycles. The zero-order chi connectivity index (χ0) is 23.5. The summed E-state index contributed by atoms with van der Waals surface area (Å²) in [6, 6.07) is 25.2. The molecule has 176 valence electrons. The van der Waals surface area contributed by atoms with Crippen molar-refractivity contribution in [2.45, 2.75) is 58.8 Å². The van der Waals surface area contributed by atoms with E-state index in [1.807, 2.05) is 0 Å². The van der Waals surface area contributed by atoms with Crippen LogP contribution in [-0.4, -0.2) is 25.0 Å². The SMILES string of the molecule is CCCCCc1ccc(-c2ccc(-c3ccc(CCCN(C)SOC)cc3)cc2CC)cc1. The van der Waals surface area contributed by atoms with Crippen LogP contribution in [0.25, 0.3) is 22.3 Å². The van der Waals surface area contributed by atoms with E-state index in [0.29, 0.717) is 0 Å². The highest BCUT2D eigenvalue weighted by atomic mass is 32.2. The Labute approximate surface area is 205 Å². The molecule has 0 aliphatic carbocycles. The maximum Gasteiger partial charge on any atom is 0.0813 e. The zero-order valence-electron chi connectivity index (χ0n) is 20.8. The van der Waals surface area contributed by atoms with Crippen molar-refractivity contribution in [3.8, 4) is 22.3 Å². The molecule has 0 fully saturated rings. The van der Waals surface area contributed by atoms with E-state index in [-0.39, 0.29) is 0 Å². The van der Waals surface area contributed by atoms with Crippen LogP contribution in [0, 0.1) is 0 Å². The highest BCUT2D eigenvalue weighted by Crippen LogP contribution is 2.30. The summed E-state index contributed by atoms with van der Waals surface area (Å²) < 4.78 is 7.22. The zero-order valence-corrected chi connectivity index (χ0v) is 21.6. The molecule has 0 amide bonds. The Hall–Kier alpha value is -2.07. The number of hydrogen-bond donors (Lipinski definition) is 0. The fourth-order valence-electron chi connectivity index (χ4n) is 4.31. The molecule has 3 heteroatoms. The minimum atomic E-state index is 1.02. The highest BCUT2D eigenvalue weighted by molar-refractivity contribution is 7.92. The van der Waals surface area contributed by atoms with E-state index in [2.05, 4.69) is 91.9 Å². The molecule has 0 N–H and O–H groups in total. The Morgan fingerprint density at radius 3 is 1.94 bits per heavy atom. The van der Waals surface area contributed by atoms with Crippen LogP contribution in [0.2, 0.25) is 0 Å². The van der Waals surface area contributed by atoms with Crippen LogP contribution < -0.4 is 0 Å². The average molecular weight is 462 g/mol. The van der Waals surface area contributed by atoms with Gasteiger partial charge >= 0.3 is 0 Å². The van der Waals surface area contributed by atoms with Crippen LogP contribution in [0.3, 0.4) is 0 Å². The van der Waals surface area contributed by atoms with Gasteiger partial charge in [-0.3, -0.25) is 0 Å². The summed E-state index contributed by atoms with van der Waals surface area (Å²) in [5, 5.41) is 0.